The lowest BCUT2D eigenvalue weighted by Gasteiger charge is -2.04. The third kappa shape index (κ3) is 3.14. The number of alkyl halides is 2. The van der Waals surface area contributed by atoms with Gasteiger partial charge in [-0.15, -0.1) is 0 Å². The quantitative estimate of drug-likeness (QED) is 0.620. The van der Waals surface area contributed by atoms with Crippen LogP contribution in [0.5, 0.6) is 5.75 Å². The highest BCUT2D eigenvalue weighted by molar-refractivity contribution is 9.10. The Hall–Kier alpha value is -0.840. The number of rotatable bonds is 3. The molecule has 0 bridgehead atoms. The standard InChI is InChI=1S/C8H4BrF2NOS/c9-6-3-5(13-8(10)11)1-2-7(6)12-4-14/h1-3,8H. The molecule has 0 radical (unpaired) electrons. The summed E-state index contributed by atoms with van der Waals surface area (Å²) in [5, 5.41) is 2.17. The van der Waals surface area contributed by atoms with Crippen LogP contribution in [-0.4, -0.2) is 11.8 Å². The van der Waals surface area contributed by atoms with Crippen LogP contribution in [0.4, 0.5) is 14.5 Å². The minimum Gasteiger partial charge on any atom is -0.435 e. The molecular formula is C8H4BrF2NOS. The number of aliphatic imine (C=N–C) groups is 1. The molecule has 0 aromatic heterocycles. The summed E-state index contributed by atoms with van der Waals surface area (Å²) in [6.45, 7) is -2.83. The van der Waals surface area contributed by atoms with Crippen LogP contribution in [-0.2, 0) is 0 Å². The zero-order valence-corrected chi connectivity index (χ0v) is 9.11. The van der Waals surface area contributed by atoms with Gasteiger partial charge < -0.3 is 4.74 Å². The maximum absolute atomic E-state index is 11.8. The van der Waals surface area contributed by atoms with Gasteiger partial charge in [-0.3, -0.25) is 0 Å². The monoisotopic (exact) mass is 279 g/mol. The lowest BCUT2D eigenvalue weighted by atomic mass is 10.3. The molecule has 0 aliphatic carbocycles. The fourth-order valence-corrected chi connectivity index (χ4v) is 1.35. The third-order valence-electron chi connectivity index (χ3n) is 1.31. The molecule has 1 rings (SSSR count). The Bertz CT molecular complexity index is 380. The van der Waals surface area contributed by atoms with Crippen LogP contribution in [0.15, 0.2) is 27.7 Å². The maximum Gasteiger partial charge on any atom is 0.387 e. The summed E-state index contributed by atoms with van der Waals surface area (Å²) in [5.74, 6) is 0.0650. The molecule has 6 heteroatoms. The number of thiocarbonyl (C=S) groups is 1. The molecule has 1 aromatic carbocycles. The Morgan fingerprint density at radius 2 is 2.21 bits per heavy atom. The number of hydrogen-bond acceptors (Lipinski definition) is 3. The van der Waals surface area contributed by atoms with Gasteiger partial charge in [0.2, 0.25) is 0 Å². The fraction of sp³-hybridized carbons (Fsp3) is 0.125. The fourth-order valence-electron chi connectivity index (χ4n) is 0.804. The second kappa shape index (κ2) is 5.14. The first kappa shape index (κ1) is 11.2. The van der Waals surface area contributed by atoms with Gasteiger partial charge in [-0.1, -0.05) is 0 Å². The van der Waals surface area contributed by atoms with Crippen LogP contribution < -0.4 is 4.74 Å². The van der Waals surface area contributed by atoms with Crippen molar-refractivity contribution in [1.82, 2.24) is 0 Å². The van der Waals surface area contributed by atoms with Crippen molar-refractivity contribution >= 4 is 39.0 Å². The van der Waals surface area contributed by atoms with Gasteiger partial charge in [0.25, 0.3) is 0 Å². The Morgan fingerprint density at radius 1 is 1.50 bits per heavy atom. The molecule has 2 nitrogen and oxygen atoms in total. The van der Waals surface area contributed by atoms with Crippen LogP contribution >= 0.6 is 28.1 Å². The lowest BCUT2D eigenvalue weighted by molar-refractivity contribution is -0.0498. The Labute approximate surface area is 92.7 Å². The molecular weight excluding hydrogens is 276 g/mol. The number of benzene rings is 1. The van der Waals surface area contributed by atoms with E-state index < -0.39 is 6.61 Å². The second-order valence-electron chi connectivity index (χ2n) is 2.19. The van der Waals surface area contributed by atoms with Crippen molar-refractivity contribution in [3.63, 3.8) is 0 Å². The Morgan fingerprint density at radius 3 is 2.71 bits per heavy atom. The lowest BCUT2D eigenvalue weighted by Crippen LogP contribution is -2.01. The first-order valence-electron chi connectivity index (χ1n) is 3.45. The molecule has 0 fully saturated rings. The highest BCUT2D eigenvalue weighted by Crippen LogP contribution is 2.29. The molecule has 0 aliphatic heterocycles. The molecule has 0 amide bonds. The minimum absolute atomic E-state index is 0.0650. The van der Waals surface area contributed by atoms with E-state index in [-0.39, 0.29) is 5.75 Å². The van der Waals surface area contributed by atoms with Gasteiger partial charge >= 0.3 is 6.61 Å². The normalized spacial score (nSPS) is 9.71. The zero-order valence-electron chi connectivity index (χ0n) is 6.71. The average molecular weight is 280 g/mol. The van der Waals surface area contributed by atoms with Crippen molar-refractivity contribution in [2.45, 2.75) is 6.61 Å². The largest absolute Gasteiger partial charge is 0.435 e. The van der Waals surface area contributed by atoms with Crippen molar-refractivity contribution in [3.05, 3.63) is 22.7 Å². The van der Waals surface area contributed by atoms with E-state index in [2.05, 4.69) is 43.0 Å². The van der Waals surface area contributed by atoms with E-state index in [4.69, 9.17) is 0 Å². The molecule has 0 heterocycles. The van der Waals surface area contributed by atoms with Crippen molar-refractivity contribution in [2.75, 3.05) is 0 Å². The summed E-state index contributed by atoms with van der Waals surface area (Å²) in [5.41, 5.74) is 0.515. The molecule has 1 aromatic rings. The summed E-state index contributed by atoms with van der Waals surface area (Å²) in [4.78, 5) is 3.70. The van der Waals surface area contributed by atoms with Crippen LogP contribution in [0.1, 0.15) is 0 Å². The zero-order chi connectivity index (χ0) is 10.6. The SMILES string of the molecule is FC(F)Oc1ccc(N=C=S)c(Br)c1. The summed E-state index contributed by atoms with van der Waals surface area (Å²) >= 11 is 7.54. The maximum atomic E-state index is 11.8. The second-order valence-corrected chi connectivity index (χ2v) is 3.23. The number of halogens is 3. The highest BCUT2D eigenvalue weighted by Gasteiger charge is 2.06. The van der Waals surface area contributed by atoms with E-state index >= 15 is 0 Å². The van der Waals surface area contributed by atoms with E-state index in [1.165, 1.54) is 18.2 Å². The highest BCUT2D eigenvalue weighted by atomic mass is 79.9. The molecule has 0 N–H and O–H groups in total. The van der Waals surface area contributed by atoms with Gasteiger partial charge in [-0.2, -0.15) is 13.8 Å². The van der Waals surface area contributed by atoms with Crippen molar-refractivity contribution in [2.24, 2.45) is 4.99 Å². The third-order valence-corrected chi connectivity index (χ3v) is 2.04. The topological polar surface area (TPSA) is 21.6 Å². The predicted molar refractivity (Wildman–Crippen MR) is 55.5 cm³/mol. The minimum atomic E-state index is -2.83. The molecule has 0 aliphatic rings. The molecule has 0 unspecified atom stereocenters. The Kier molecular flexibility index (Phi) is 4.13. The average Bonchev–Trinajstić information content (AvgIpc) is 2.09. The van der Waals surface area contributed by atoms with E-state index in [1.54, 1.807) is 0 Å². The summed E-state index contributed by atoms with van der Waals surface area (Å²) in [6.07, 6.45) is 0. The van der Waals surface area contributed by atoms with E-state index in [0.29, 0.717) is 10.2 Å². The molecule has 0 spiro atoms. The molecule has 0 atom stereocenters. The number of nitrogens with zero attached hydrogens (tertiary/aromatic N) is 1. The van der Waals surface area contributed by atoms with Gasteiger partial charge in [0.05, 0.1) is 10.8 Å². The predicted octanol–water partition coefficient (Wildman–Crippen LogP) is 3.78. The van der Waals surface area contributed by atoms with E-state index in [9.17, 15) is 8.78 Å². The molecule has 0 saturated carbocycles. The van der Waals surface area contributed by atoms with Gasteiger partial charge in [0.15, 0.2) is 0 Å². The van der Waals surface area contributed by atoms with Gasteiger partial charge in [0.1, 0.15) is 5.75 Å². The van der Waals surface area contributed by atoms with Crippen molar-refractivity contribution in [3.8, 4) is 5.75 Å². The first-order valence-corrected chi connectivity index (χ1v) is 4.66. The summed E-state index contributed by atoms with van der Waals surface area (Å²) in [6, 6.07) is 4.27. The van der Waals surface area contributed by atoms with Gasteiger partial charge in [-0.05, 0) is 46.3 Å². The number of isothiocyanates is 1. The summed E-state index contributed by atoms with van der Waals surface area (Å²) in [7, 11) is 0. The van der Waals surface area contributed by atoms with Crippen LogP contribution in [0.3, 0.4) is 0 Å². The summed E-state index contributed by atoms with van der Waals surface area (Å²) < 4.78 is 28.3. The van der Waals surface area contributed by atoms with Crippen LogP contribution in [0.25, 0.3) is 0 Å². The number of hydrogen-bond donors (Lipinski definition) is 0. The molecule has 74 valence electrons. The Balaban J connectivity index is 2.94. The van der Waals surface area contributed by atoms with Crippen LogP contribution in [0, 0.1) is 0 Å². The first-order chi connectivity index (χ1) is 6.63. The smallest absolute Gasteiger partial charge is 0.387 e. The van der Waals surface area contributed by atoms with E-state index in [1.807, 2.05) is 0 Å². The van der Waals surface area contributed by atoms with Crippen LogP contribution in [0.2, 0.25) is 0 Å². The van der Waals surface area contributed by atoms with E-state index in [0.717, 1.165) is 0 Å². The molecule has 0 saturated heterocycles. The molecule has 14 heavy (non-hydrogen) atoms. The van der Waals surface area contributed by atoms with Crippen molar-refractivity contribution < 1.29 is 13.5 Å². The van der Waals surface area contributed by atoms with Gasteiger partial charge in [0, 0.05) is 4.47 Å². The number of ether oxygens (including phenoxy) is 1. The van der Waals surface area contributed by atoms with Gasteiger partial charge in [-0.25, -0.2) is 0 Å². The van der Waals surface area contributed by atoms with Crippen molar-refractivity contribution in [1.29, 1.82) is 0 Å².